The fraction of sp³-hybridized carbons (Fsp3) is 0.529. The zero-order valence-electron chi connectivity index (χ0n) is 13.1. The third-order valence-corrected chi connectivity index (χ3v) is 5.60. The van der Waals surface area contributed by atoms with Gasteiger partial charge < -0.3 is 9.80 Å². The lowest BCUT2D eigenvalue weighted by Crippen LogP contribution is -2.47. The van der Waals surface area contributed by atoms with Gasteiger partial charge in [0.2, 0.25) is 0 Å². The number of thiophene rings is 1. The van der Waals surface area contributed by atoms with Crippen LogP contribution < -0.4 is 9.80 Å². The van der Waals surface area contributed by atoms with Crippen LogP contribution in [0.2, 0.25) is 0 Å². The highest BCUT2D eigenvalue weighted by molar-refractivity contribution is 7.14. The summed E-state index contributed by atoms with van der Waals surface area (Å²) in [5.74, 6) is 2.14. The minimum absolute atomic E-state index is 0.927. The van der Waals surface area contributed by atoms with Crippen LogP contribution in [-0.4, -0.2) is 36.1 Å². The predicted molar refractivity (Wildman–Crippen MR) is 92.2 cm³/mol. The SMILES string of the molecule is Cc1nc2c(c(N3CCN(c4cccs4)CC3)n1)CCCC2. The normalized spacial score (nSPS) is 18.4. The number of nitrogens with zero attached hydrogens (tertiary/aromatic N) is 4. The van der Waals surface area contributed by atoms with Crippen molar-refractivity contribution in [1.29, 1.82) is 0 Å². The van der Waals surface area contributed by atoms with E-state index in [1.54, 1.807) is 0 Å². The number of hydrogen-bond donors (Lipinski definition) is 0. The molecule has 116 valence electrons. The molecule has 0 bridgehead atoms. The molecule has 3 heterocycles. The minimum atomic E-state index is 0.927. The Balaban J connectivity index is 1.55. The number of aryl methyl sites for hydroxylation is 2. The maximum absolute atomic E-state index is 4.80. The first-order valence-electron chi connectivity index (χ1n) is 8.21. The Morgan fingerprint density at radius 2 is 1.77 bits per heavy atom. The molecule has 5 heteroatoms. The fourth-order valence-corrected chi connectivity index (χ4v) is 4.33. The van der Waals surface area contributed by atoms with Gasteiger partial charge in [0.25, 0.3) is 0 Å². The molecule has 4 nitrogen and oxygen atoms in total. The summed E-state index contributed by atoms with van der Waals surface area (Å²) < 4.78 is 0. The fourth-order valence-electron chi connectivity index (χ4n) is 3.54. The van der Waals surface area contributed by atoms with E-state index in [2.05, 4.69) is 32.3 Å². The molecule has 2 aromatic heterocycles. The summed E-state index contributed by atoms with van der Waals surface area (Å²) in [6, 6.07) is 4.35. The maximum atomic E-state index is 4.80. The summed E-state index contributed by atoms with van der Waals surface area (Å²) >= 11 is 1.83. The molecular formula is C17H22N4S. The van der Waals surface area contributed by atoms with Gasteiger partial charge in [-0.1, -0.05) is 0 Å². The van der Waals surface area contributed by atoms with Crippen LogP contribution in [0.5, 0.6) is 0 Å². The second kappa shape index (κ2) is 5.88. The quantitative estimate of drug-likeness (QED) is 0.853. The molecular weight excluding hydrogens is 292 g/mol. The Morgan fingerprint density at radius 1 is 1.00 bits per heavy atom. The molecule has 0 spiro atoms. The van der Waals surface area contributed by atoms with Crippen molar-refractivity contribution in [2.24, 2.45) is 0 Å². The number of fused-ring (bicyclic) bond motifs is 1. The smallest absolute Gasteiger partial charge is 0.135 e. The lowest BCUT2D eigenvalue weighted by molar-refractivity contribution is 0.622. The first kappa shape index (κ1) is 14.0. The van der Waals surface area contributed by atoms with Gasteiger partial charge in [0, 0.05) is 37.4 Å². The van der Waals surface area contributed by atoms with Crippen molar-refractivity contribution in [3.8, 4) is 0 Å². The lowest BCUT2D eigenvalue weighted by atomic mass is 9.96. The van der Waals surface area contributed by atoms with Crippen molar-refractivity contribution < 1.29 is 0 Å². The number of aromatic nitrogens is 2. The van der Waals surface area contributed by atoms with Crippen LogP contribution in [0.25, 0.3) is 0 Å². The predicted octanol–water partition coefficient (Wildman–Crippen LogP) is 3.05. The summed E-state index contributed by atoms with van der Waals surface area (Å²) in [7, 11) is 0. The van der Waals surface area contributed by atoms with Crippen LogP contribution in [0.3, 0.4) is 0 Å². The van der Waals surface area contributed by atoms with E-state index in [4.69, 9.17) is 4.98 Å². The molecule has 1 aliphatic carbocycles. The monoisotopic (exact) mass is 314 g/mol. The van der Waals surface area contributed by atoms with Crippen molar-refractivity contribution in [2.75, 3.05) is 36.0 Å². The minimum Gasteiger partial charge on any atom is -0.360 e. The molecule has 22 heavy (non-hydrogen) atoms. The summed E-state index contributed by atoms with van der Waals surface area (Å²) in [5, 5.41) is 3.55. The first-order chi connectivity index (χ1) is 10.8. The molecule has 2 aromatic rings. The van der Waals surface area contributed by atoms with E-state index in [0.717, 1.165) is 44.8 Å². The first-order valence-corrected chi connectivity index (χ1v) is 9.09. The molecule has 0 amide bonds. The molecule has 0 aromatic carbocycles. The third kappa shape index (κ3) is 2.58. The van der Waals surface area contributed by atoms with Gasteiger partial charge >= 0.3 is 0 Å². The third-order valence-electron chi connectivity index (χ3n) is 4.67. The maximum Gasteiger partial charge on any atom is 0.135 e. The van der Waals surface area contributed by atoms with Gasteiger partial charge in [-0.2, -0.15) is 0 Å². The van der Waals surface area contributed by atoms with E-state index in [1.807, 2.05) is 18.3 Å². The summed E-state index contributed by atoms with van der Waals surface area (Å²) in [5.41, 5.74) is 2.72. The molecule has 4 rings (SSSR count). The average Bonchev–Trinajstić information content (AvgIpc) is 3.09. The van der Waals surface area contributed by atoms with Gasteiger partial charge in [0.1, 0.15) is 11.6 Å². The van der Waals surface area contributed by atoms with Crippen LogP contribution in [0.15, 0.2) is 17.5 Å². The van der Waals surface area contributed by atoms with Gasteiger partial charge in [-0.3, -0.25) is 0 Å². The lowest BCUT2D eigenvalue weighted by Gasteiger charge is -2.37. The van der Waals surface area contributed by atoms with Crippen LogP contribution in [-0.2, 0) is 12.8 Å². The van der Waals surface area contributed by atoms with E-state index >= 15 is 0 Å². The topological polar surface area (TPSA) is 32.3 Å². The largest absolute Gasteiger partial charge is 0.360 e. The van der Waals surface area contributed by atoms with Crippen LogP contribution >= 0.6 is 11.3 Å². The molecule has 0 atom stereocenters. The second-order valence-electron chi connectivity index (χ2n) is 6.15. The van der Waals surface area contributed by atoms with Gasteiger partial charge in [-0.15, -0.1) is 11.3 Å². The van der Waals surface area contributed by atoms with E-state index in [9.17, 15) is 0 Å². The average molecular weight is 314 g/mol. The van der Waals surface area contributed by atoms with Crippen molar-refractivity contribution in [3.63, 3.8) is 0 Å². The summed E-state index contributed by atoms with van der Waals surface area (Å²) in [6.45, 7) is 6.30. The standard InChI is InChI=1S/C17H22N4S/c1-13-18-15-6-3-2-5-14(15)17(19-13)21-10-8-20(9-11-21)16-7-4-12-22-16/h4,7,12H,2-3,5-6,8-11H2,1H3. The molecule has 0 unspecified atom stereocenters. The van der Waals surface area contributed by atoms with Crippen molar-refractivity contribution in [3.05, 3.63) is 34.6 Å². The van der Waals surface area contributed by atoms with Gasteiger partial charge in [0.05, 0.1) is 5.00 Å². The Kier molecular flexibility index (Phi) is 3.74. The van der Waals surface area contributed by atoms with E-state index in [-0.39, 0.29) is 0 Å². The highest BCUT2D eigenvalue weighted by Crippen LogP contribution is 2.30. The highest BCUT2D eigenvalue weighted by atomic mass is 32.1. The van der Waals surface area contributed by atoms with Gasteiger partial charge in [-0.05, 0) is 50.1 Å². The molecule has 0 N–H and O–H groups in total. The molecule has 1 saturated heterocycles. The van der Waals surface area contributed by atoms with E-state index in [0.29, 0.717) is 0 Å². The Bertz CT molecular complexity index is 645. The zero-order chi connectivity index (χ0) is 14.9. The zero-order valence-corrected chi connectivity index (χ0v) is 13.9. The van der Waals surface area contributed by atoms with Crippen molar-refractivity contribution in [1.82, 2.24) is 9.97 Å². The van der Waals surface area contributed by atoms with Crippen molar-refractivity contribution in [2.45, 2.75) is 32.6 Å². The number of piperazine rings is 1. The van der Waals surface area contributed by atoms with Crippen LogP contribution in [0.4, 0.5) is 10.8 Å². The van der Waals surface area contributed by atoms with Gasteiger partial charge in [-0.25, -0.2) is 9.97 Å². The molecule has 0 saturated carbocycles. The van der Waals surface area contributed by atoms with Crippen molar-refractivity contribution >= 4 is 22.2 Å². The highest BCUT2D eigenvalue weighted by Gasteiger charge is 2.24. The second-order valence-corrected chi connectivity index (χ2v) is 7.08. The molecule has 1 fully saturated rings. The Morgan fingerprint density at radius 3 is 2.55 bits per heavy atom. The van der Waals surface area contributed by atoms with E-state index < -0.39 is 0 Å². The number of rotatable bonds is 2. The summed E-state index contributed by atoms with van der Waals surface area (Å²) in [6.07, 6.45) is 4.83. The molecule has 1 aliphatic heterocycles. The summed E-state index contributed by atoms with van der Waals surface area (Å²) in [4.78, 5) is 14.4. The molecule has 2 aliphatic rings. The number of hydrogen-bond acceptors (Lipinski definition) is 5. The van der Waals surface area contributed by atoms with Gasteiger partial charge in [0.15, 0.2) is 0 Å². The Labute approximate surface area is 135 Å². The van der Waals surface area contributed by atoms with Crippen LogP contribution in [0.1, 0.15) is 29.9 Å². The number of anilines is 2. The Hall–Kier alpha value is -1.62. The van der Waals surface area contributed by atoms with Crippen LogP contribution in [0, 0.1) is 6.92 Å². The molecule has 0 radical (unpaired) electrons. The van der Waals surface area contributed by atoms with E-state index in [1.165, 1.54) is 34.9 Å².